The lowest BCUT2D eigenvalue weighted by Gasteiger charge is -1.91. The molecule has 0 unspecified atom stereocenters. The van der Waals surface area contributed by atoms with Gasteiger partial charge in [0.2, 0.25) is 0 Å². The number of aromatic nitrogens is 1. The first kappa shape index (κ1) is 7.21. The summed E-state index contributed by atoms with van der Waals surface area (Å²) in [4.78, 5) is 8.86. The Kier molecular flexibility index (Phi) is 2.39. The van der Waals surface area contributed by atoms with Crippen molar-refractivity contribution in [1.29, 1.82) is 0 Å². The van der Waals surface area contributed by atoms with E-state index in [1.54, 1.807) is 11.7 Å². The standard InChI is InChI=1S/C6H9N3S/c1-2-9-6(7)5-3-8-4-10-5/h3-4H,2H2,1H3,(H2,7,9). The highest BCUT2D eigenvalue weighted by Crippen LogP contribution is 2.03. The maximum atomic E-state index is 5.57. The van der Waals surface area contributed by atoms with Gasteiger partial charge in [-0.2, -0.15) is 0 Å². The molecule has 1 heterocycles. The highest BCUT2D eigenvalue weighted by Gasteiger charge is 1.96. The number of nitrogens with two attached hydrogens (primary N) is 1. The van der Waals surface area contributed by atoms with E-state index in [0.717, 1.165) is 11.4 Å². The van der Waals surface area contributed by atoms with E-state index in [-0.39, 0.29) is 0 Å². The van der Waals surface area contributed by atoms with Crippen LogP contribution in [0.3, 0.4) is 0 Å². The van der Waals surface area contributed by atoms with Crippen LogP contribution in [0.1, 0.15) is 11.8 Å². The van der Waals surface area contributed by atoms with Crippen molar-refractivity contribution < 1.29 is 0 Å². The first-order valence-corrected chi connectivity index (χ1v) is 3.91. The summed E-state index contributed by atoms with van der Waals surface area (Å²) in [7, 11) is 0. The number of aliphatic imine (C=N–C) groups is 1. The van der Waals surface area contributed by atoms with Gasteiger partial charge in [-0.3, -0.25) is 9.98 Å². The van der Waals surface area contributed by atoms with E-state index < -0.39 is 0 Å². The van der Waals surface area contributed by atoms with Crippen molar-refractivity contribution in [2.45, 2.75) is 6.92 Å². The molecule has 4 heteroatoms. The summed E-state index contributed by atoms with van der Waals surface area (Å²) < 4.78 is 0. The molecule has 1 rings (SSSR count). The summed E-state index contributed by atoms with van der Waals surface area (Å²) in [6, 6.07) is 0. The minimum atomic E-state index is 0.588. The van der Waals surface area contributed by atoms with Crippen molar-refractivity contribution in [3.63, 3.8) is 0 Å². The normalized spacial score (nSPS) is 11.9. The van der Waals surface area contributed by atoms with Gasteiger partial charge in [0.15, 0.2) is 0 Å². The summed E-state index contributed by atoms with van der Waals surface area (Å²) in [5.41, 5.74) is 7.31. The van der Waals surface area contributed by atoms with Gasteiger partial charge in [0, 0.05) is 12.7 Å². The quantitative estimate of drug-likeness (QED) is 0.509. The van der Waals surface area contributed by atoms with Gasteiger partial charge < -0.3 is 5.73 Å². The number of thiazole rings is 1. The van der Waals surface area contributed by atoms with Crippen LogP contribution in [0.4, 0.5) is 0 Å². The van der Waals surface area contributed by atoms with Crippen LogP contribution in [0.5, 0.6) is 0 Å². The molecule has 1 aromatic heterocycles. The molecule has 54 valence electrons. The lowest BCUT2D eigenvalue weighted by atomic mass is 10.5. The third kappa shape index (κ3) is 1.54. The molecule has 10 heavy (non-hydrogen) atoms. The molecule has 0 saturated heterocycles. The van der Waals surface area contributed by atoms with Crippen LogP contribution in [0.25, 0.3) is 0 Å². The predicted octanol–water partition coefficient (Wildman–Crippen LogP) is 0.868. The Hall–Kier alpha value is -0.900. The van der Waals surface area contributed by atoms with Gasteiger partial charge in [-0.15, -0.1) is 11.3 Å². The largest absolute Gasteiger partial charge is 0.383 e. The molecule has 0 fully saturated rings. The van der Waals surface area contributed by atoms with E-state index in [0.29, 0.717) is 5.84 Å². The Labute approximate surface area is 63.6 Å². The number of hydrogen-bond acceptors (Lipinski definition) is 3. The highest BCUT2D eigenvalue weighted by molar-refractivity contribution is 7.11. The zero-order valence-corrected chi connectivity index (χ0v) is 6.56. The fraction of sp³-hybridized carbons (Fsp3) is 0.333. The van der Waals surface area contributed by atoms with Crippen LogP contribution in [0, 0.1) is 0 Å². The van der Waals surface area contributed by atoms with Crippen LogP contribution >= 0.6 is 11.3 Å². The molecule has 2 N–H and O–H groups in total. The van der Waals surface area contributed by atoms with E-state index in [1.807, 2.05) is 6.92 Å². The maximum absolute atomic E-state index is 5.57. The summed E-state index contributed by atoms with van der Waals surface area (Å²) in [5, 5.41) is 0. The fourth-order valence-corrected chi connectivity index (χ4v) is 1.13. The van der Waals surface area contributed by atoms with Crippen LogP contribution < -0.4 is 5.73 Å². The topological polar surface area (TPSA) is 51.3 Å². The molecular formula is C6H9N3S. The first-order valence-electron chi connectivity index (χ1n) is 3.03. The molecule has 0 aromatic carbocycles. The molecule has 0 radical (unpaired) electrons. The monoisotopic (exact) mass is 155 g/mol. The first-order chi connectivity index (χ1) is 4.84. The van der Waals surface area contributed by atoms with Crippen molar-refractivity contribution >= 4 is 17.2 Å². The van der Waals surface area contributed by atoms with Crippen molar-refractivity contribution in [2.75, 3.05) is 6.54 Å². The van der Waals surface area contributed by atoms with Gasteiger partial charge in [0.05, 0.1) is 10.4 Å². The third-order valence-corrected chi connectivity index (χ3v) is 1.81. The van der Waals surface area contributed by atoms with Crippen LogP contribution in [0.15, 0.2) is 16.7 Å². The Morgan fingerprint density at radius 3 is 3.20 bits per heavy atom. The van der Waals surface area contributed by atoms with Gasteiger partial charge in [-0.05, 0) is 6.92 Å². The van der Waals surface area contributed by atoms with Crippen molar-refractivity contribution in [3.05, 3.63) is 16.6 Å². The van der Waals surface area contributed by atoms with E-state index in [4.69, 9.17) is 5.73 Å². The maximum Gasteiger partial charge on any atom is 0.137 e. The van der Waals surface area contributed by atoms with Gasteiger partial charge in [0.1, 0.15) is 5.84 Å². The second-order valence-corrected chi connectivity index (χ2v) is 2.61. The Morgan fingerprint density at radius 1 is 1.90 bits per heavy atom. The summed E-state index contributed by atoms with van der Waals surface area (Å²) in [6.07, 6.45) is 1.72. The van der Waals surface area contributed by atoms with Gasteiger partial charge in [-0.25, -0.2) is 0 Å². The molecule has 0 amide bonds. The van der Waals surface area contributed by atoms with Gasteiger partial charge in [0.25, 0.3) is 0 Å². The average molecular weight is 155 g/mol. The molecular weight excluding hydrogens is 146 g/mol. The molecule has 3 nitrogen and oxygen atoms in total. The summed E-state index contributed by atoms with van der Waals surface area (Å²) >= 11 is 1.50. The SMILES string of the molecule is CCN=C(N)c1cncs1. The van der Waals surface area contributed by atoms with E-state index in [9.17, 15) is 0 Å². The molecule has 0 saturated carbocycles. The smallest absolute Gasteiger partial charge is 0.137 e. The second kappa shape index (κ2) is 3.31. The number of rotatable bonds is 2. The number of amidine groups is 1. The van der Waals surface area contributed by atoms with E-state index in [1.165, 1.54) is 11.3 Å². The zero-order chi connectivity index (χ0) is 7.40. The lowest BCUT2D eigenvalue weighted by molar-refractivity contribution is 1.12. The molecule has 0 aliphatic heterocycles. The molecule has 1 aromatic rings. The molecule has 0 spiro atoms. The van der Waals surface area contributed by atoms with Crippen molar-refractivity contribution in [1.82, 2.24) is 4.98 Å². The van der Waals surface area contributed by atoms with Gasteiger partial charge >= 0.3 is 0 Å². The van der Waals surface area contributed by atoms with E-state index in [2.05, 4.69) is 9.98 Å². The second-order valence-electron chi connectivity index (χ2n) is 1.73. The minimum absolute atomic E-state index is 0.588. The Bertz CT molecular complexity index is 215. The number of hydrogen-bond donors (Lipinski definition) is 1. The molecule has 0 bridgehead atoms. The Morgan fingerprint density at radius 2 is 2.70 bits per heavy atom. The van der Waals surface area contributed by atoms with Crippen LogP contribution in [0.2, 0.25) is 0 Å². The van der Waals surface area contributed by atoms with Crippen molar-refractivity contribution in [2.24, 2.45) is 10.7 Å². The van der Waals surface area contributed by atoms with Crippen molar-refractivity contribution in [3.8, 4) is 0 Å². The molecule has 0 aliphatic carbocycles. The van der Waals surface area contributed by atoms with E-state index >= 15 is 0 Å². The molecule has 0 aliphatic rings. The third-order valence-electron chi connectivity index (χ3n) is 1.01. The summed E-state index contributed by atoms with van der Waals surface area (Å²) in [6.45, 7) is 2.68. The lowest BCUT2D eigenvalue weighted by Crippen LogP contribution is -2.11. The minimum Gasteiger partial charge on any atom is -0.383 e. The predicted molar refractivity (Wildman–Crippen MR) is 43.4 cm³/mol. The average Bonchev–Trinajstić information content (AvgIpc) is 2.38. The Balaban J connectivity index is 2.77. The van der Waals surface area contributed by atoms with Crippen LogP contribution in [-0.2, 0) is 0 Å². The summed E-state index contributed by atoms with van der Waals surface area (Å²) in [5.74, 6) is 0.588. The van der Waals surface area contributed by atoms with Crippen LogP contribution in [-0.4, -0.2) is 17.4 Å². The highest BCUT2D eigenvalue weighted by atomic mass is 32.1. The molecule has 0 atom stereocenters. The fourth-order valence-electron chi connectivity index (χ4n) is 0.591. The zero-order valence-electron chi connectivity index (χ0n) is 5.74. The van der Waals surface area contributed by atoms with Gasteiger partial charge in [-0.1, -0.05) is 0 Å². The number of nitrogens with zero attached hydrogens (tertiary/aromatic N) is 2.